The first-order valence-electron chi connectivity index (χ1n) is 5.30. The SMILES string of the molecule is N#Cc1ccc(Nc2ccc(F)c(C#N)c2)cc1F. The van der Waals surface area contributed by atoms with Crippen LogP contribution in [0.1, 0.15) is 11.1 Å². The minimum atomic E-state index is -0.643. The molecule has 2 rings (SSSR count). The van der Waals surface area contributed by atoms with Crippen molar-refractivity contribution in [3.05, 3.63) is 59.2 Å². The van der Waals surface area contributed by atoms with Gasteiger partial charge in [0.25, 0.3) is 0 Å². The fraction of sp³-hybridized carbons (Fsp3) is 0. The van der Waals surface area contributed by atoms with E-state index >= 15 is 0 Å². The Morgan fingerprint density at radius 1 is 0.789 bits per heavy atom. The van der Waals surface area contributed by atoms with Crippen LogP contribution in [0.15, 0.2) is 36.4 Å². The average Bonchev–Trinajstić information content (AvgIpc) is 2.41. The largest absolute Gasteiger partial charge is 0.355 e. The van der Waals surface area contributed by atoms with Gasteiger partial charge in [0, 0.05) is 11.4 Å². The molecule has 1 N–H and O–H groups in total. The highest BCUT2D eigenvalue weighted by Crippen LogP contribution is 2.21. The van der Waals surface area contributed by atoms with Crippen LogP contribution in [-0.2, 0) is 0 Å². The van der Waals surface area contributed by atoms with Crippen LogP contribution in [0.4, 0.5) is 20.2 Å². The third-order valence-electron chi connectivity index (χ3n) is 2.47. The second kappa shape index (κ2) is 5.16. The van der Waals surface area contributed by atoms with Crippen LogP contribution in [-0.4, -0.2) is 0 Å². The Morgan fingerprint density at radius 2 is 1.42 bits per heavy atom. The normalized spacial score (nSPS) is 9.47. The lowest BCUT2D eigenvalue weighted by Gasteiger charge is -2.07. The van der Waals surface area contributed by atoms with E-state index < -0.39 is 11.6 Å². The molecule has 0 aromatic heterocycles. The average molecular weight is 255 g/mol. The van der Waals surface area contributed by atoms with Crippen LogP contribution in [0.3, 0.4) is 0 Å². The Balaban J connectivity index is 2.30. The lowest BCUT2D eigenvalue weighted by molar-refractivity contribution is 0.623. The lowest BCUT2D eigenvalue weighted by Crippen LogP contribution is -1.94. The summed E-state index contributed by atoms with van der Waals surface area (Å²) < 4.78 is 26.5. The van der Waals surface area contributed by atoms with Gasteiger partial charge in [0.2, 0.25) is 0 Å². The molecule has 3 nitrogen and oxygen atoms in total. The lowest BCUT2D eigenvalue weighted by atomic mass is 10.1. The summed E-state index contributed by atoms with van der Waals surface area (Å²) in [6.45, 7) is 0. The molecule has 0 amide bonds. The number of nitriles is 2. The number of hydrogen-bond donors (Lipinski definition) is 1. The van der Waals surface area contributed by atoms with Crippen LogP contribution in [0.5, 0.6) is 0 Å². The predicted molar refractivity (Wildman–Crippen MR) is 65.5 cm³/mol. The first kappa shape index (κ1) is 12.5. The van der Waals surface area contributed by atoms with E-state index in [1.807, 2.05) is 0 Å². The van der Waals surface area contributed by atoms with Crippen molar-refractivity contribution in [2.75, 3.05) is 5.32 Å². The molecule has 0 atom stereocenters. The highest BCUT2D eigenvalue weighted by molar-refractivity contribution is 5.62. The van der Waals surface area contributed by atoms with Crippen molar-refractivity contribution in [1.82, 2.24) is 0 Å². The van der Waals surface area contributed by atoms with Gasteiger partial charge < -0.3 is 5.32 Å². The molecule has 0 unspecified atom stereocenters. The van der Waals surface area contributed by atoms with Crippen molar-refractivity contribution in [3.8, 4) is 12.1 Å². The third kappa shape index (κ3) is 2.67. The molecule has 0 saturated heterocycles. The van der Waals surface area contributed by atoms with Gasteiger partial charge in [0.15, 0.2) is 0 Å². The number of rotatable bonds is 2. The summed E-state index contributed by atoms with van der Waals surface area (Å²) in [6, 6.07) is 11.4. The molecule has 2 aromatic rings. The molecule has 0 bridgehead atoms. The van der Waals surface area contributed by atoms with E-state index in [-0.39, 0.29) is 11.1 Å². The van der Waals surface area contributed by atoms with E-state index in [2.05, 4.69) is 5.32 Å². The maximum atomic E-state index is 13.4. The minimum absolute atomic E-state index is 0.0534. The molecule has 0 spiro atoms. The fourth-order valence-electron chi connectivity index (χ4n) is 1.54. The third-order valence-corrected chi connectivity index (χ3v) is 2.47. The quantitative estimate of drug-likeness (QED) is 0.894. The van der Waals surface area contributed by atoms with E-state index in [9.17, 15) is 8.78 Å². The second-order valence-corrected chi connectivity index (χ2v) is 3.74. The van der Waals surface area contributed by atoms with Gasteiger partial charge in [-0.2, -0.15) is 10.5 Å². The molecule has 0 aliphatic heterocycles. The van der Waals surface area contributed by atoms with E-state index in [1.165, 1.54) is 24.3 Å². The molecule has 0 aliphatic rings. The summed E-state index contributed by atoms with van der Waals surface area (Å²) in [6.07, 6.45) is 0. The molecule has 5 heteroatoms. The number of halogens is 2. The van der Waals surface area contributed by atoms with Crippen molar-refractivity contribution in [2.24, 2.45) is 0 Å². The molecule has 0 heterocycles. The Labute approximate surface area is 108 Å². The van der Waals surface area contributed by atoms with Gasteiger partial charge in [-0.25, -0.2) is 8.78 Å². The zero-order valence-corrected chi connectivity index (χ0v) is 9.61. The predicted octanol–water partition coefficient (Wildman–Crippen LogP) is 3.45. The molecular formula is C14H7F2N3. The molecule has 2 aromatic carbocycles. The first-order chi connectivity index (χ1) is 9.13. The number of nitrogens with one attached hydrogen (secondary N) is 1. The standard InChI is InChI=1S/C14H7F2N3/c15-13-4-3-11(5-10(13)8-18)19-12-2-1-9(7-17)14(16)6-12/h1-6,19H. The van der Waals surface area contributed by atoms with E-state index in [0.29, 0.717) is 11.4 Å². The Morgan fingerprint density at radius 3 is 2.05 bits per heavy atom. The van der Waals surface area contributed by atoms with Crippen molar-refractivity contribution in [1.29, 1.82) is 10.5 Å². The van der Waals surface area contributed by atoms with E-state index in [0.717, 1.165) is 12.1 Å². The Bertz CT molecular complexity index is 712. The van der Waals surface area contributed by atoms with Gasteiger partial charge in [0.1, 0.15) is 23.8 Å². The van der Waals surface area contributed by atoms with Crippen molar-refractivity contribution >= 4 is 11.4 Å². The van der Waals surface area contributed by atoms with Crippen molar-refractivity contribution in [3.63, 3.8) is 0 Å². The smallest absolute Gasteiger partial charge is 0.143 e. The van der Waals surface area contributed by atoms with Gasteiger partial charge >= 0.3 is 0 Å². The summed E-state index contributed by atoms with van der Waals surface area (Å²) in [7, 11) is 0. The molecule has 0 fully saturated rings. The fourth-order valence-corrected chi connectivity index (χ4v) is 1.54. The Kier molecular flexibility index (Phi) is 3.40. The number of hydrogen-bond acceptors (Lipinski definition) is 3. The molecular weight excluding hydrogens is 248 g/mol. The van der Waals surface area contributed by atoms with Gasteiger partial charge in [-0.1, -0.05) is 0 Å². The zero-order valence-electron chi connectivity index (χ0n) is 9.61. The molecule has 92 valence electrons. The van der Waals surface area contributed by atoms with Crippen LogP contribution in [0.25, 0.3) is 0 Å². The number of anilines is 2. The summed E-state index contributed by atoms with van der Waals surface area (Å²) >= 11 is 0. The van der Waals surface area contributed by atoms with Crippen LogP contribution in [0, 0.1) is 34.3 Å². The van der Waals surface area contributed by atoms with E-state index in [4.69, 9.17) is 10.5 Å². The summed E-state index contributed by atoms with van der Waals surface area (Å²) in [5, 5.41) is 20.1. The second-order valence-electron chi connectivity index (χ2n) is 3.74. The van der Waals surface area contributed by atoms with Gasteiger partial charge in [-0.3, -0.25) is 0 Å². The first-order valence-corrected chi connectivity index (χ1v) is 5.30. The minimum Gasteiger partial charge on any atom is -0.355 e. The molecule has 0 saturated carbocycles. The molecule has 19 heavy (non-hydrogen) atoms. The van der Waals surface area contributed by atoms with Crippen LogP contribution in [0.2, 0.25) is 0 Å². The number of nitrogens with zero attached hydrogens (tertiary/aromatic N) is 2. The van der Waals surface area contributed by atoms with Gasteiger partial charge in [-0.05, 0) is 36.4 Å². The zero-order chi connectivity index (χ0) is 13.8. The maximum absolute atomic E-state index is 13.4. The molecule has 0 radical (unpaired) electrons. The van der Waals surface area contributed by atoms with Crippen molar-refractivity contribution < 1.29 is 8.78 Å². The maximum Gasteiger partial charge on any atom is 0.143 e. The highest BCUT2D eigenvalue weighted by Gasteiger charge is 2.05. The van der Waals surface area contributed by atoms with Crippen LogP contribution >= 0.6 is 0 Å². The van der Waals surface area contributed by atoms with Gasteiger partial charge in [0.05, 0.1) is 11.1 Å². The molecule has 0 aliphatic carbocycles. The monoisotopic (exact) mass is 255 g/mol. The summed E-state index contributed by atoms with van der Waals surface area (Å²) in [5.41, 5.74) is 0.718. The van der Waals surface area contributed by atoms with Crippen LogP contribution < -0.4 is 5.32 Å². The van der Waals surface area contributed by atoms with Gasteiger partial charge in [-0.15, -0.1) is 0 Å². The highest BCUT2D eigenvalue weighted by atomic mass is 19.1. The Hall–Kier alpha value is -2.92. The number of benzene rings is 2. The van der Waals surface area contributed by atoms with Crippen molar-refractivity contribution in [2.45, 2.75) is 0 Å². The topological polar surface area (TPSA) is 59.6 Å². The summed E-state index contributed by atoms with van der Waals surface area (Å²) in [4.78, 5) is 0. The van der Waals surface area contributed by atoms with E-state index in [1.54, 1.807) is 12.1 Å². The summed E-state index contributed by atoms with van der Waals surface area (Å²) in [5.74, 6) is -1.26.